The van der Waals surface area contributed by atoms with Gasteiger partial charge in [-0.15, -0.1) is 0 Å². The highest BCUT2D eigenvalue weighted by Gasteiger charge is 2.34. The minimum absolute atomic E-state index is 0.266. The quantitative estimate of drug-likeness (QED) is 0.804. The molecule has 1 atom stereocenters. The van der Waals surface area contributed by atoms with Crippen LogP contribution in [-0.4, -0.2) is 36.7 Å². The van der Waals surface area contributed by atoms with Crippen LogP contribution in [0, 0.1) is 0 Å². The van der Waals surface area contributed by atoms with Crippen LogP contribution in [0.4, 0.5) is 0 Å². The third-order valence-corrected chi connectivity index (χ3v) is 3.26. The molecule has 1 aromatic rings. The zero-order chi connectivity index (χ0) is 16.0. The Kier molecular flexibility index (Phi) is 5.58. The number of rotatable bonds is 7. The number of carboxylic acids is 1. The van der Waals surface area contributed by atoms with Crippen molar-refractivity contribution in [1.82, 2.24) is 5.32 Å². The number of benzene rings is 1. The van der Waals surface area contributed by atoms with Gasteiger partial charge in [0.2, 0.25) is 0 Å². The van der Waals surface area contributed by atoms with Crippen molar-refractivity contribution in [3.8, 4) is 11.5 Å². The van der Waals surface area contributed by atoms with E-state index >= 15 is 0 Å². The van der Waals surface area contributed by atoms with Gasteiger partial charge in [0.1, 0.15) is 17.0 Å². The number of carboxylic acid groups (broad SMARTS) is 1. The van der Waals surface area contributed by atoms with Gasteiger partial charge in [-0.2, -0.15) is 0 Å². The lowest BCUT2D eigenvalue weighted by Gasteiger charge is -2.26. The molecule has 6 nitrogen and oxygen atoms in total. The predicted octanol–water partition coefficient (Wildman–Crippen LogP) is 2.08. The molecule has 0 aromatic heterocycles. The van der Waals surface area contributed by atoms with Crippen molar-refractivity contribution in [2.45, 2.75) is 32.2 Å². The van der Waals surface area contributed by atoms with Gasteiger partial charge < -0.3 is 19.9 Å². The Labute approximate surface area is 124 Å². The van der Waals surface area contributed by atoms with Crippen LogP contribution in [0.2, 0.25) is 0 Å². The Balaban J connectivity index is 3.05. The molecule has 0 saturated heterocycles. The monoisotopic (exact) mass is 295 g/mol. The fourth-order valence-corrected chi connectivity index (χ4v) is 2.03. The number of ether oxygens (including phenoxy) is 2. The van der Waals surface area contributed by atoms with Gasteiger partial charge in [0.05, 0.1) is 19.8 Å². The summed E-state index contributed by atoms with van der Waals surface area (Å²) in [6.07, 6.45) is 0.982. The van der Waals surface area contributed by atoms with E-state index < -0.39 is 17.4 Å². The van der Waals surface area contributed by atoms with Crippen LogP contribution in [0.1, 0.15) is 37.0 Å². The number of amides is 1. The largest absolute Gasteiger partial charge is 0.497 e. The number of hydrogen-bond acceptors (Lipinski definition) is 4. The van der Waals surface area contributed by atoms with Gasteiger partial charge in [0, 0.05) is 6.07 Å². The summed E-state index contributed by atoms with van der Waals surface area (Å²) < 4.78 is 10.2. The first-order valence-electron chi connectivity index (χ1n) is 6.66. The zero-order valence-corrected chi connectivity index (χ0v) is 12.7. The second-order valence-electron chi connectivity index (χ2n) is 4.91. The smallest absolute Gasteiger partial charge is 0.329 e. The average molecular weight is 295 g/mol. The lowest BCUT2D eigenvalue weighted by atomic mass is 9.95. The van der Waals surface area contributed by atoms with E-state index in [-0.39, 0.29) is 5.56 Å². The lowest BCUT2D eigenvalue weighted by Crippen LogP contribution is -2.52. The minimum atomic E-state index is -1.31. The summed E-state index contributed by atoms with van der Waals surface area (Å²) in [5, 5.41) is 11.9. The summed E-state index contributed by atoms with van der Waals surface area (Å²) in [4.78, 5) is 23.7. The molecule has 1 amide bonds. The zero-order valence-electron chi connectivity index (χ0n) is 12.7. The molecular weight excluding hydrogens is 274 g/mol. The van der Waals surface area contributed by atoms with E-state index in [1.807, 2.05) is 6.92 Å². The highest BCUT2D eigenvalue weighted by Crippen LogP contribution is 2.25. The summed E-state index contributed by atoms with van der Waals surface area (Å²) in [6.45, 7) is 3.36. The molecule has 0 spiro atoms. The van der Waals surface area contributed by atoms with Crippen molar-refractivity contribution in [1.29, 1.82) is 0 Å². The van der Waals surface area contributed by atoms with Crippen LogP contribution in [0.25, 0.3) is 0 Å². The molecule has 21 heavy (non-hydrogen) atoms. The second kappa shape index (κ2) is 6.97. The molecule has 0 saturated carbocycles. The molecule has 1 aromatic carbocycles. The van der Waals surface area contributed by atoms with Crippen molar-refractivity contribution in [2.75, 3.05) is 14.2 Å². The van der Waals surface area contributed by atoms with E-state index in [1.54, 1.807) is 18.2 Å². The SMILES string of the molecule is CCCC(C)(NC(=O)c1ccc(OC)cc1OC)C(=O)O. The molecule has 0 aliphatic rings. The molecule has 6 heteroatoms. The number of carbonyl (C=O) groups excluding carboxylic acids is 1. The molecular formula is C15H21NO5. The summed E-state index contributed by atoms with van der Waals surface area (Å²) in [7, 11) is 2.95. The first kappa shape index (κ1) is 16.8. The number of aliphatic carboxylic acids is 1. The normalized spacial score (nSPS) is 13.1. The summed E-state index contributed by atoms with van der Waals surface area (Å²) in [5.41, 5.74) is -1.04. The van der Waals surface area contributed by atoms with Gasteiger partial charge in [-0.3, -0.25) is 4.79 Å². The first-order chi connectivity index (χ1) is 9.87. The van der Waals surface area contributed by atoms with E-state index in [9.17, 15) is 14.7 Å². The number of methoxy groups -OCH3 is 2. The topological polar surface area (TPSA) is 84.9 Å². The number of nitrogens with one attached hydrogen (secondary N) is 1. The molecule has 1 unspecified atom stereocenters. The fourth-order valence-electron chi connectivity index (χ4n) is 2.03. The van der Waals surface area contributed by atoms with E-state index in [1.165, 1.54) is 21.1 Å². The average Bonchev–Trinajstić information content (AvgIpc) is 2.46. The summed E-state index contributed by atoms with van der Waals surface area (Å²) in [5.74, 6) is -0.674. The Morgan fingerprint density at radius 2 is 1.95 bits per heavy atom. The highest BCUT2D eigenvalue weighted by atomic mass is 16.5. The van der Waals surface area contributed by atoms with Crippen molar-refractivity contribution in [3.63, 3.8) is 0 Å². The Bertz CT molecular complexity index is 529. The second-order valence-corrected chi connectivity index (χ2v) is 4.91. The van der Waals surface area contributed by atoms with Crippen LogP contribution < -0.4 is 14.8 Å². The molecule has 116 valence electrons. The van der Waals surface area contributed by atoms with E-state index in [0.29, 0.717) is 24.3 Å². The van der Waals surface area contributed by atoms with E-state index in [2.05, 4.69) is 5.32 Å². The van der Waals surface area contributed by atoms with Gasteiger partial charge in [0.15, 0.2) is 0 Å². The third kappa shape index (κ3) is 3.87. The Morgan fingerprint density at radius 3 is 2.43 bits per heavy atom. The maximum atomic E-state index is 12.3. The molecule has 1 rings (SSSR count). The fraction of sp³-hybridized carbons (Fsp3) is 0.467. The van der Waals surface area contributed by atoms with Crippen LogP contribution >= 0.6 is 0 Å². The summed E-state index contributed by atoms with van der Waals surface area (Å²) in [6, 6.07) is 4.74. The molecule has 2 N–H and O–H groups in total. The van der Waals surface area contributed by atoms with Crippen LogP contribution in [0.15, 0.2) is 18.2 Å². The Morgan fingerprint density at radius 1 is 1.29 bits per heavy atom. The van der Waals surface area contributed by atoms with Crippen molar-refractivity contribution >= 4 is 11.9 Å². The minimum Gasteiger partial charge on any atom is -0.497 e. The Hall–Kier alpha value is -2.24. The van der Waals surface area contributed by atoms with Crippen molar-refractivity contribution < 1.29 is 24.2 Å². The van der Waals surface area contributed by atoms with E-state index in [0.717, 1.165) is 0 Å². The first-order valence-corrected chi connectivity index (χ1v) is 6.66. The van der Waals surface area contributed by atoms with Crippen LogP contribution in [0.3, 0.4) is 0 Å². The van der Waals surface area contributed by atoms with Crippen LogP contribution in [-0.2, 0) is 4.79 Å². The van der Waals surface area contributed by atoms with Gasteiger partial charge in [-0.1, -0.05) is 13.3 Å². The molecule has 0 radical (unpaired) electrons. The molecule has 0 aliphatic carbocycles. The molecule has 0 heterocycles. The molecule has 0 fully saturated rings. The molecule has 0 aliphatic heterocycles. The lowest BCUT2D eigenvalue weighted by molar-refractivity contribution is -0.144. The predicted molar refractivity (Wildman–Crippen MR) is 78.0 cm³/mol. The van der Waals surface area contributed by atoms with E-state index in [4.69, 9.17) is 9.47 Å². The van der Waals surface area contributed by atoms with Gasteiger partial charge in [0.25, 0.3) is 5.91 Å². The highest BCUT2D eigenvalue weighted by molar-refractivity contribution is 6.00. The third-order valence-electron chi connectivity index (χ3n) is 3.26. The maximum Gasteiger partial charge on any atom is 0.329 e. The molecule has 0 bridgehead atoms. The summed E-state index contributed by atoms with van der Waals surface area (Å²) >= 11 is 0. The van der Waals surface area contributed by atoms with Crippen molar-refractivity contribution in [2.24, 2.45) is 0 Å². The van der Waals surface area contributed by atoms with Crippen LogP contribution in [0.5, 0.6) is 11.5 Å². The standard InChI is InChI=1S/C15H21NO5/c1-5-8-15(2,14(18)19)16-13(17)11-7-6-10(20-3)9-12(11)21-4/h6-7,9H,5,8H2,1-4H3,(H,16,17)(H,18,19). The number of hydrogen-bond donors (Lipinski definition) is 2. The van der Waals surface area contributed by atoms with Gasteiger partial charge in [-0.25, -0.2) is 4.79 Å². The van der Waals surface area contributed by atoms with Gasteiger partial charge >= 0.3 is 5.97 Å². The number of carbonyl (C=O) groups is 2. The van der Waals surface area contributed by atoms with Crippen molar-refractivity contribution in [3.05, 3.63) is 23.8 Å². The maximum absolute atomic E-state index is 12.3. The van der Waals surface area contributed by atoms with Gasteiger partial charge in [-0.05, 0) is 25.5 Å².